The second-order valence-corrected chi connectivity index (χ2v) is 5.17. The van der Waals surface area contributed by atoms with Crippen LogP contribution in [0.25, 0.3) is 0 Å². The van der Waals surface area contributed by atoms with E-state index in [1.165, 1.54) is 25.7 Å². The SMILES string of the molecule is CCCC1(CCC)CN(C(CC)C(=O)O)C1. The summed E-state index contributed by atoms with van der Waals surface area (Å²) in [4.78, 5) is 13.2. The minimum Gasteiger partial charge on any atom is -0.480 e. The number of nitrogens with zero attached hydrogens (tertiary/aromatic N) is 1. The lowest BCUT2D eigenvalue weighted by atomic mass is 9.72. The molecular formula is C13H25NO2. The Morgan fingerprint density at radius 3 is 2.06 bits per heavy atom. The number of carboxylic acid groups (broad SMARTS) is 1. The molecule has 0 spiro atoms. The Balaban J connectivity index is 2.51. The first kappa shape index (κ1) is 13.5. The second kappa shape index (κ2) is 5.67. The molecule has 0 amide bonds. The standard InChI is InChI=1S/C13H25NO2/c1-4-7-13(8-5-2)9-14(10-13)11(6-3)12(15)16/h11H,4-10H2,1-3H3,(H,15,16). The van der Waals surface area contributed by atoms with Gasteiger partial charge in [-0.1, -0.05) is 33.6 Å². The van der Waals surface area contributed by atoms with E-state index in [0.717, 1.165) is 13.1 Å². The van der Waals surface area contributed by atoms with Crippen LogP contribution in [0.5, 0.6) is 0 Å². The minimum absolute atomic E-state index is 0.262. The molecule has 3 nitrogen and oxygen atoms in total. The van der Waals surface area contributed by atoms with Crippen molar-refractivity contribution in [2.45, 2.75) is 58.9 Å². The first-order valence-electron chi connectivity index (χ1n) is 6.55. The van der Waals surface area contributed by atoms with Gasteiger partial charge in [-0.15, -0.1) is 0 Å². The van der Waals surface area contributed by atoms with Crippen LogP contribution in [-0.2, 0) is 4.79 Å². The van der Waals surface area contributed by atoms with Crippen LogP contribution >= 0.6 is 0 Å². The molecule has 1 heterocycles. The number of likely N-dealkylation sites (tertiary alicyclic amines) is 1. The van der Waals surface area contributed by atoms with Gasteiger partial charge in [-0.05, 0) is 24.7 Å². The van der Waals surface area contributed by atoms with Gasteiger partial charge in [0.1, 0.15) is 6.04 Å². The van der Waals surface area contributed by atoms with E-state index in [1.807, 2.05) is 6.92 Å². The molecule has 94 valence electrons. The number of carboxylic acids is 1. The molecule has 0 saturated carbocycles. The van der Waals surface area contributed by atoms with E-state index in [1.54, 1.807) is 0 Å². The van der Waals surface area contributed by atoms with Crippen molar-refractivity contribution in [1.29, 1.82) is 0 Å². The van der Waals surface area contributed by atoms with Gasteiger partial charge < -0.3 is 5.11 Å². The van der Waals surface area contributed by atoms with E-state index < -0.39 is 5.97 Å². The summed E-state index contributed by atoms with van der Waals surface area (Å²) in [5.74, 6) is -0.663. The molecule has 0 aromatic rings. The quantitative estimate of drug-likeness (QED) is 0.727. The Labute approximate surface area is 98.8 Å². The van der Waals surface area contributed by atoms with Gasteiger partial charge in [0.2, 0.25) is 0 Å². The van der Waals surface area contributed by atoms with E-state index in [2.05, 4.69) is 18.7 Å². The van der Waals surface area contributed by atoms with Crippen molar-refractivity contribution in [3.8, 4) is 0 Å². The number of hydrogen-bond acceptors (Lipinski definition) is 2. The predicted molar refractivity (Wildman–Crippen MR) is 65.5 cm³/mol. The van der Waals surface area contributed by atoms with Gasteiger partial charge in [-0.25, -0.2) is 0 Å². The van der Waals surface area contributed by atoms with E-state index in [9.17, 15) is 4.79 Å². The van der Waals surface area contributed by atoms with Crippen molar-refractivity contribution < 1.29 is 9.90 Å². The fraction of sp³-hybridized carbons (Fsp3) is 0.923. The van der Waals surface area contributed by atoms with Crippen molar-refractivity contribution in [2.75, 3.05) is 13.1 Å². The highest BCUT2D eigenvalue weighted by Crippen LogP contribution is 2.40. The van der Waals surface area contributed by atoms with Crippen LogP contribution in [-0.4, -0.2) is 35.1 Å². The van der Waals surface area contributed by atoms with Crippen molar-refractivity contribution >= 4 is 5.97 Å². The molecule has 1 fully saturated rings. The van der Waals surface area contributed by atoms with Gasteiger partial charge >= 0.3 is 5.97 Å². The fourth-order valence-corrected chi connectivity index (χ4v) is 3.13. The summed E-state index contributed by atoms with van der Waals surface area (Å²) in [5, 5.41) is 9.10. The Kier molecular flexibility index (Phi) is 4.78. The van der Waals surface area contributed by atoms with E-state index in [0.29, 0.717) is 11.8 Å². The summed E-state index contributed by atoms with van der Waals surface area (Å²) in [6, 6.07) is -0.262. The average Bonchev–Trinajstić information content (AvgIpc) is 2.16. The maximum atomic E-state index is 11.0. The largest absolute Gasteiger partial charge is 0.480 e. The van der Waals surface area contributed by atoms with Gasteiger partial charge in [0, 0.05) is 13.1 Å². The topological polar surface area (TPSA) is 40.5 Å². The van der Waals surface area contributed by atoms with Crippen molar-refractivity contribution in [3.05, 3.63) is 0 Å². The summed E-state index contributed by atoms with van der Waals surface area (Å²) in [7, 11) is 0. The summed E-state index contributed by atoms with van der Waals surface area (Å²) < 4.78 is 0. The Bertz CT molecular complexity index is 226. The van der Waals surface area contributed by atoms with Gasteiger partial charge in [0.05, 0.1) is 0 Å². The summed E-state index contributed by atoms with van der Waals surface area (Å²) in [6.45, 7) is 8.36. The van der Waals surface area contributed by atoms with Gasteiger partial charge in [-0.2, -0.15) is 0 Å². The van der Waals surface area contributed by atoms with Gasteiger partial charge in [0.15, 0.2) is 0 Å². The molecule has 1 aliphatic heterocycles. The molecule has 0 radical (unpaired) electrons. The monoisotopic (exact) mass is 227 g/mol. The highest BCUT2D eigenvalue weighted by atomic mass is 16.4. The third-order valence-corrected chi connectivity index (χ3v) is 3.75. The zero-order valence-corrected chi connectivity index (χ0v) is 10.8. The molecule has 1 unspecified atom stereocenters. The summed E-state index contributed by atoms with van der Waals surface area (Å²) in [6.07, 6.45) is 5.61. The number of rotatable bonds is 7. The van der Waals surface area contributed by atoms with Crippen LogP contribution in [0.3, 0.4) is 0 Å². The number of aliphatic carboxylic acids is 1. The average molecular weight is 227 g/mol. The van der Waals surface area contributed by atoms with Crippen LogP contribution in [0.15, 0.2) is 0 Å². The first-order chi connectivity index (χ1) is 7.58. The van der Waals surface area contributed by atoms with Crippen LogP contribution in [0.2, 0.25) is 0 Å². The summed E-state index contributed by atoms with van der Waals surface area (Å²) >= 11 is 0. The molecule has 1 rings (SSSR count). The zero-order chi connectivity index (χ0) is 12.2. The van der Waals surface area contributed by atoms with Crippen LogP contribution in [0, 0.1) is 5.41 Å². The number of hydrogen-bond donors (Lipinski definition) is 1. The Hall–Kier alpha value is -0.570. The predicted octanol–water partition coefficient (Wildman–Crippen LogP) is 2.75. The van der Waals surface area contributed by atoms with E-state index >= 15 is 0 Å². The highest BCUT2D eigenvalue weighted by Gasteiger charge is 2.45. The second-order valence-electron chi connectivity index (χ2n) is 5.17. The van der Waals surface area contributed by atoms with Crippen LogP contribution < -0.4 is 0 Å². The Morgan fingerprint density at radius 1 is 1.25 bits per heavy atom. The molecule has 0 aliphatic carbocycles. The maximum Gasteiger partial charge on any atom is 0.320 e. The van der Waals surface area contributed by atoms with E-state index in [-0.39, 0.29) is 6.04 Å². The van der Waals surface area contributed by atoms with Gasteiger partial charge in [-0.3, -0.25) is 9.69 Å². The third kappa shape index (κ3) is 2.76. The highest BCUT2D eigenvalue weighted by molar-refractivity contribution is 5.73. The fourth-order valence-electron chi connectivity index (χ4n) is 3.13. The molecule has 1 atom stereocenters. The number of carbonyl (C=O) groups is 1. The van der Waals surface area contributed by atoms with Crippen molar-refractivity contribution in [1.82, 2.24) is 4.90 Å². The lowest BCUT2D eigenvalue weighted by molar-refractivity contribution is -0.150. The first-order valence-corrected chi connectivity index (χ1v) is 6.55. The minimum atomic E-state index is -0.663. The van der Waals surface area contributed by atoms with Gasteiger partial charge in [0.25, 0.3) is 0 Å². The smallest absolute Gasteiger partial charge is 0.320 e. The molecule has 1 N–H and O–H groups in total. The zero-order valence-electron chi connectivity index (χ0n) is 10.8. The maximum absolute atomic E-state index is 11.0. The molecule has 16 heavy (non-hydrogen) atoms. The molecule has 1 aliphatic rings. The third-order valence-electron chi connectivity index (χ3n) is 3.75. The van der Waals surface area contributed by atoms with Crippen molar-refractivity contribution in [2.24, 2.45) is 5.41 Å². The van der Waals surface area contributed by atoms with E-state index in [4.69, 9.17) is 5.11 Å². The van der Waals surface area contributed by atoms with Crippen LogP contribution in [0.4, 0.5) is 0 Å². The Morgan fingerprint density at radius 2 is 1.75 bits per heavy atom. The molecular weight excluding hydrogens is 202 g/mol. The molecule has 3 heteroatoms. The summed E-state index contributed by atoms with van der Waals surface area (Å²) in [5.41, 5.74) is 0.423. The van der Waals surface area contributed by atoms with Crippen molar-refractivity contribution in [3.63, 3.8) is 0 Å². The normalized spacial score (nSPS) is 21.4. The molecule has 0 aromatic heterocycles. The lowest BCUT2D eigenvalue weighted by Gasteiger charge is -2.52. The lowest BCUT2D eigenvalue weighted by Crippen LogP contribution is -2.61. The molecule has 0 bridgehead atoms. The molecule has 1 saturated heterocycles. The molecule has 0 aromatic carbocycles. The van der Waals surface area contributed by atoms with Crippen LogP contribution in [0.1, 0.15) is 52.9 Å².